The molecule has 3 aromatic rings. The van der Waals surface area contributed by atoms with E-state index >= 15 is 0 Å². The minimum atomic E-state index is -4.03. The molecule has 0 saturated heterocycles. The molecule has 0 aliphatic rings. The van der Waals surface area contributed by atoms with E-state index in [9.17, 15) is 13.2 Å². The standard InChI is InChI=1S/C26H26Br2N2O6S/c1-4-12-35-23-11-8-19(15-24(23)34-5-2)26(31)30-29-16-18-13-21(27)25(22(28)14-18)36-37(32,33)20-9-6-17(3)7-10-20/h6-11,13-16H,4-5,12H2,1-3H3,(H,30,31)/b29-16+. The van der Waals surface area contributed by atoms with Gasteiger partial charge in [0.1, 0.15) is 4.90 Å². The molecule has 196 valence electrons. The van der Waals surface area contributed by atoms with Crippen molar-refractivity contribution < 1.29 is 26.9 Å². The number of amides is 1. The highest BCUT2D eigenvalue weighted by molar-refractivity contribution is 9.11. The van der Waals surface area contributed by atoms with Crippen molar-refractivity contribution in [1.82, 2.24) is 5.43 Å². The molecule has 0 unspecified atom stereocenters. The zero-order chi connectivity index (χ0) is 27.0. The maximum atomic E-state index is 12.7. The maximum Gasteiger partial charge on any atom is 0.339 e. The number of rotatable bonds is 11. The Kier molecular flexibility index (Phi) is 10.1. The lowest BCUT2D eigenvalue weighted by molar-refractivity contribution is 0.0954. The van der Waals surface area contributed by atoms with Crippen LogP contribution in [0.5, 0.6) is 17.2 Å². The molecule has 0 heterocycles. The molecule has 37 heavy (non-hydrogen) atoms. The number of carbonyl (C=O) groups excluding carboxylic acids is 1. The highest BCUT2D eigenvalue weighted by Gasteiger charge is 2.20. The first-order valence-electron chi connectivity index (χ1n) is 11.4. The third-order valence-electron chi connectivity index (χ3n) is 4.87. The topological polar surface area (TPSA) is 103 Å². The van der Waals surface area contributed by atoms with Crippen LogP contribution in [0.2, 0.25) is 0 Å². The largest absolute Gasteiger partial charge is 0.490 e. The fourth-order valence-corrected chi connectivity index (χ4v) is 5.64. The fraction of sp³-hybridized carbons (Fsp3) is 0.231. The Hall–Kier alpha value is -2.89. The van der Waals surface area contributed by atoms with Gasteiger partial charge >= 0.3 is 10.1 Å². The predicted molar refractivity (Wildman–Crippen MR) is 149 cm³/mol. The average molecular weight is 654 g/mol. The van der Waals surface area contributed by atoms with Gasteiger partial charge in [0.25, 0.3) is 5.91 Å². The summed E-state index contributed by atoms with van der Waals surface area (Å²) in [5, 5.41) is 4.01. The van der Waals surface area contributed by atoms with E-state index in [2.05, 4.69) is 42.4 Å². The molecule has 8 nitrogen and oxygen atoms in total. The van der Waals surface area contributed by atoms with Crippen molar-refractivity contribution in [3.63, 3.8) is 0 Å². The van der Waals surface area contributed by atoms with E-state index in [4.69, 9.17) is 13.7 Å². The van der Waals surface area contributed by atoms with E-state index in [0.29, 0.717) is 44.8 Å². The number of halogens is 2. The zero-order valence-corrected chi connectivity index (χ0v) is 24.4. The minimum Gasteiger partial charge on any atom is -0.490 e. The van der Waals surface area contributed by atoms with Crippen LogP contribution < -0.4 is 19.1 Å². The number of hydrazone groups is 1. The summed E-state index contributed by atoms with van der Waals surface area (Å²) in [5.41, 5.74) is 4.35. The second kappa shape index (κ2) is 13.1. The molecule has 0 fully saturated rings. The first kappa shape index (κ1) is 28.7. The quantitative estimate of drug-likeness (QED) is 0.149. The van der Waals surface area contributed by atoms with E-state index in [0.717, 1.165) is 12.0 Å². The van der Waals surface area contributed by atoms with Crippen molar-refractivity contribution in [3.8, 4) is 17.2 Å². The molecule has 0 aliphatic carbocycles. The Bertz CT molecular complexity index is 1370. The number of nitrogens with zero attached hydrogens (tertiary/aromatic N) is 1. The fourth-order valence-electron chi connectivity index (χ4n) is 3.08. The summed E-state index contributed by atoms with van der Waals surface area (Å²) in [6, 6.07) is 14.5. The van der Waals surface area contributed by atoms with Crippen LogP contribution >= 0.6 is 31.9 Å². The van der Waals surface area contributed by atoms with Crippen molar-refractivity contribution in [2.24, 2.45) is 5.10 Å². The summed E-state index contributed by atoms with van der Waals surface area (Å²) in [6.45, 7) is 6.70. The molecule has 0 spiro atoms. The van der Waals surface area contributed by atoms with Crippen LogP contribution in [0, 0.1) is 6.92 Å². The van der Waals surface area contributed by atoms with Crippen LogP contribution in [-0.4, -0.2) is 33.8 Å². The number of benzene rings is 3. The first-order valence-corrected chi connectivity index (χ1v) is 14.4. The van der Waals surface area contributed by atoms with Gasteiger partial charge in [0, 0.05) is 5.56 Å². The highest BCUT2D eigenvalue weighted by Crippen LogP contribution is 2.36. The van der Waals surface area contributed by atoms with Crippen LogP contribution in [0.4, 0.5) is 0 Å². The SMILES string of the molecule is CCCOc1ccc(C(=O)N/N=C/c2cc(Br)c(OS(=O)(=O)c3ccc(C)cc3)c(Br)c2)cc1OCC. The Morgan fingerprint density at radius 1 is 0.973 bits per heavy atom. The summed E-state index contributed by atoms with van der Waals surface area (Å²) in [5.74, 6) is 0.721. The minimum absolute atomic E-state index is 0.0442. The molecule has 0 atom stereocenters. The molecule has 0 saturated carbocycles. The van der Waals surface area contributed by atoms with Gasteiger partial charge in [0.05, 0.1) is 28.4 Å². The number of ether oxygens (including phenoxy) is 2. The van der Waals surface area contributed by atoms with E-state index in [1.165, 1.54) is 18.3 Å². The summed E-state index contributed by atoms with van der Waals surface area (Å²) in [6.07, 6.45) is 2.28. The number of carbonyl (C=O) groups is 1. The van der Waals surface area contributed by atoms with Gasteiger partial charge in [-0.05, 0) is 100 Å². The van der Waals surface area contributed by atoms with Crippen LogP contribution in [0.15, 0.2) is 73.5 Å². The predicted octanol–water partition coefficient (Wildman–Crippen LogP) is 6.24. The van der Waals surface area contributed by atoms with Crippen LogP contribution in [0.25, 0.3) is 0 Å². The Labute approximate surface area is 233 Å². The number of nitrogens with one attached hydrogen (secondary N) is 1. The monoisotopic (exact) mass is 652 g/mol. The lowest BCUT2D eigenvalue weighted by atomic mass is 10.2. The van der Waals surface area contributed by atoms with Crippen molar-refractivity contribution in [2.45, 2.75) is 32.1 Å². The third-order valence-corrected chi connectivity index (χ3v) is 7.28. The van der Waals surface area contributed by atoms with Crippen molar-refractivity contribution in [3.05, 3.63) is 80.2 Å². The second-order valence-corrected chi connectivity index (χ2v) is 11.1. The summed E-state index contributed by atoms with van der Waals surface area (Å²) < 4.78 is 42.7. The molecule has 3 rings (SSSR count). The molecular formula is C26H26Br2N2O6S. The summed E-state index contributed by atoms with van der Waals surface area (Å²) in [4.78, 5) is 12.6. The van der Waals surface area contributed by atoms with E-state index in [1.54, 1.807) is 42.5 Å². The Morgan fingerprint density at radius 3 is 2.27 bits per heavy atom. The molecular weight excluding hydrogens is 628 g/mol. The number of hydrogen-bond acceptors (Lipinski definition) is 7. The molecule has 0 aromatic heterocycles. The van der Waals surface area contributed by atoms with Crippen molar-refractivity contribution in [2.75, 3.05) is 13.2 Å². The van der Waals surface area contributed by atoms with E-state index in [1.807, 2.05) is 20.8 Å². The molecule has 0 aliphatic heterocycles. The van der Waals surface area contributed by atoms with Crippen LogP contribution in [0.1, 0.15) is 41.8 Å². The maximum absolute atomic E-state index is 12.7. The Morgan fingerprint density at radius 2 is 1.65 bits per heavy atom. The molecule has 0 bridgehead atoms. The average Bonchev–Trinajstić information content (AvgIpc) is 2.86. The van der Waals surface area contributed by atoms with Crippen molar-refractivity contribution in [1.29, 1.82) is 0 Å². The molecule has 11 heteroatoms. The van der Waals surface area contributed by atoms with Crippen molar-refractivity contribution >= 4 is 54.1 Å². The zero-order valence-electron chi connectivity index (χ0n) is 20.5. The lowest BCUT2D eigenvalue weighted by Gasteiger charge is -2.12. The van der Waals surface area contributed by atoms with Crippen LogP contribution in [0.3, 0.4) is 0 Å². The van der Waals surface area contributed by atoms with Gasteiger partial charge in [-0.2, -0.15) is 13.5 Å². The highest BCUT2D eigenvalue weighted by atomic mass is 79.9. The second-order valence-electron chi connectivity index (χ2n) is 7.81. The van der Waals surface area contributed by atoms with Gasteiger partial charge in [-0.15, -0.1) is 0 Å². The van der Waals surface area contributed by atoms with Gasteiger partial charge in [-0.25, -0.2) is 5.43 Å². The third kappa shape index (κ3) is 7.80. The Balaban J connectivity index is 1.71. The molecule has 3 aromatic carbocycles. The van der Waals surface area contributed by atoms with E-state index in [-0.39, 0.29) is 10.6 Å². The summed E-state index contributed by atoms with van der Waals surface area (Å²) in [7, 11) is -4.03. The van der Waals surface area contributed by atoms with Gasteiger partial charge in [0.15, 0.2) is 17.2 Å². The van der Waals surface area contributed by atoms with Gasteiger partial charge < -0.3 is 13.7 Å². The lowest BCUT2D eigenvalue weighted by Crippen LogP contribution is -2.18. The molecule has 1 amide bonds. The normalized spacial score (nSPS) is 11.4. The van der Waals surface area contributed by atoms with E-state index < -0.39 is 16.0 Å². The molecule has 1 N–H and O–H groups in total. The van der Waals surface area contributed by atoms with Gasteiger partial charge in [-0.3, -0.25) is 4.79 Å². The van der Waals surface area contributed by atoms with Crippen LogP contribution in [-0.2, 0) is 10.1 Å². The summed E-state index contributed by atoms with van der Waals surface area (Å²) >= 11 is 6.69. The van der Waals surface area contributed by atoms with Gasteiger partial charge in [0.2, 0.25) is 0 Å². The number of aryl methyl sites for hydroxylation is 1. The number of hydrogen-bond donors (Lipinski definition) is 1. The molecule has 0 radical (unpaired) electrons. The first-order chi connectivity index (χ1) is 17.6. The van der Waals surface area contributed by atoms with Gasteiger partial charge in [-0.1, -0.05) is 24.6 Å². The smallest absolute Gasteiger partial charge is 0.339 e.